The first-order valence-electron chi connectivity index (χ1n) is 7.62. The molecule has 1 aromatic carbocycles. The molecule has 0 aliphatic rings. The lowest BCUT2D eigenvalue weighted by Crippen LogP contribution is -2.42. The van der Waals surface area contributed by atoms with Crippen LogP contribution in [-0.2, 0) is 4.74 Å². The van der Waals surface area contributed by atoms with E-state index in [0.29, 0.717) is 10.7 Å². The summed E-state index contributed by atoms with van der Waals surface area (Å²) in [7, 11) is 0. The molecule has 24 heavy (non-hydrogen) atoms. The Kier molecular flexibility index (Phi) is 6.78. The van der Waals surface area contributed by atoms with Crippen molar-refractivity contribution >= 4 is 35.5 Å². The summed E-state index contributed by atoms with van der Waals surface area (Å²) >= 11 is 5.94. The number of carbonyl (C=O) groups is 2. The van der Waals surface area contributed by atoms with Gasteiger partial charge in [0, 0.05) is 11.2 Å². The highest BCUT2D eigenvalue weighted by molar-refractivity contribution is 6.31. The fourth-order valence-electron chi connectivity index (χ4n) is 1.80. The SMILES string of the molecule is CC(C)C(C=Nc1cc(Cl)ccc1C(N)=O)NC(=O)OC(C)(C)C. The van der Waals surface area contributed by atoms with E-state index in [0.717, 1.165) is 0 Å². The normalized spacial score (nSPS) is 13.1. The number of hydrogen-bond acceptors (Lipinski definition) is 4. The number of carbonyl (C=O) groups excluding carboxylic acids is 2. The van der Waals surface area contributed by atoms with Crippen molar-refractivity contribution in [3.63, 3.8) is 0 Å². The maximum absolute atomic E-state index is 11.9. The molecule has 0 fully saturated rings. The van der Waals surface area contributed by atoms with Crippen molar-refractivity contribution in [1.29, 1.82) is 0 Å². The van der Waals surface area contributed by atoms with Gasteiger partial charge in [0.15, 0.2) is 0 Å². The molecule has 0 aliphatic heterocycles. The van der Waals surface area contributed by atoms with E-state index in [2.05, 4.69) is 10.3 Å². The van der Waals surface area contributed by atoms with Crippen molar-refractivity contribution < 1.29 is 14.3 Å². The zero-order valence-corrected chi connectivity index (χ0v) is 15.3. The first-order valence-corrected chi connectivity index (χ1v) is 8.00. The lowest BCUT2D eigenvalue weighted by atomic mass is 10.1. The first kappa shape index (κ1) is 20.0. The fraction of sp³-hybridized carbons (Fsp3) is 0.471. The van der Waals surface area contributed by atoms with Gasteiger partial charge in [-0.25, -0.2) is 4.79 Å². The van der Waals surface area contributed by atoms with Crippen molar-refractivity contribution in [2.75, 3.05) is 0 Å². The van der Waals surface area contributed by atoms with Gasteiger partial charge < -0.3 is 15.8 Å². The monoisotopic (exact) mass is 353 g/mol. The van der Waals surface area contributed by atoms with Crippen molar-refractivity contribution in [3.8, 4) is 0 Å². The summed E-state index contributed by atoms with van der Waals surface area (Å²) in [6.07, 6.45) is 1.01. The van der Waals surface area contributed by atoms with Crippen LogP contribution in [0.4, 0.5) is 10.5 Å². The van der Waals surface area contributed by atoms with Gasteiger partial charge in [0.2, 0.25) is 0 Å². The molecule has 0 bridgehead atoms. The number of nitrogens with two attached hydrogens (primary N) is 1. The van der Waals surface area contributed by atoms with E-state index >= 15 is 0 Å². The van der Waals surface area contributed by atoms with E-state index < -0.39 is 17.6 Å². The van der Waals surface area contributed by atoms with E-state index in [1.807, 2.05) is 13.8 Å². The first-order chi connectivity index (χ1) is 11.0. The Bertz CT molecular complexity index is 636. The Labute approximate surface area is 147 Å². The molecule has 0 spiro atoms. The second-order valence-corrected chi connectivity index (χ2v) is 7.16. The largest absolute Gasteiger partial charge is 0.444 e. The number of aliphatic imine (C=N–C) groups is 1. The number of amides is 2. The maximum Gasteiger partial charge on any atom is 0.408 e. The molecule has 132 valence electrons. The molecule has 0 saturated heterocycles. The third kappa shape index (κ3) is 6.58. The van der Waals surface area contributed by atoms with Crippen LogP contribution in [0.25, 0.3) is 0 Å². The summed E-state index contributed by atoms with van der Waals surface area (Å²) in [5.74, 6) is -0.530. The minimum atomic E-state index is -0.597. The molecule has 1 rings (SSSR count). The highest BCUT2D eigenvalue weighted by Gasteiger charge is 2.20. The van der Waals surface area contributed by atoms with Gasteiger partial charge in [-0.05, 0) is 44.9 Å². The number of halogens is 1. The molecule has 0 radical (unpaired) electrons. The van der Waals surface area contributed by atoms with Crippen LogP contribution in [0, 0.1) is 5.92 Å². The zero-order valence-electron chi connectivity index (χ0n) is 14.6. The van der Waals surface area contributed by atoms with E-state index in [4.69, 9.17) is 22.1 Å². The molecule has 1 unspecified atom stereocenters. The third-order valence-electron chi connectivity index (χ3n) is 3.00. The summed E-state index contributed by atoms with van der Waals surface area (Å²) in [5.41, 5.74) is 5.36. The minimum Gasteiger partial charge on any atom is -0.444 e. The van der Waals surface area contributed by atoms with E-state index in [1.54, 1.807) is 39.1 Å². The minimum absolute atomic E-state index is 0.0671. The van der Waals surface area contributed by atoms with Crippen LogP contribution < -0.4 is 11.1 Å². The van der Waals surface area contributed by atoms with Gasteiger partial charge in [-0.3, -0.25) is 9.79 Å². The van der Waals surface area contributed by atoms with Crippen molar-refractivity contribution in [2.45, 2.75) is 46.3 Å². The van der Waals surface area contributed by atoms with Gasteiger partial charge in [-0.1, -0.05) is 25.4 Å². The number of ether oxygens (including phenoxy) is 1. The topological polar surface area (TPSA) is 93.8 Å². The van der Waals surface area contributed by atoms with Crippen molar-refractivity contribution in [2.24, 2.45) is 16.6 Å². The molecule has 7 heteroatoms. The van der Waals surface area contributed by atoms with Crippen molar-refractivity contribution in [1.82, 2.24) is 5.32 Å². The van der Waals surface area contributed by atoms with Gasteiger partial charge in [-0.15, -0.1) is 0 Å². The van der Waals surface area contributed by atoms with Gasteiger partial charge in [-0.2, -0.15) is 0 Å². The average molecular weight is 354 g/mol. The number of benzene rings is 1. The van der Waals surface area contributed by atoms with Crippen LogP contribution in [0.1, 0.15) is 45.0 Å². The highest BCUT2D eigenvalue weighted by atomic mass is 35.5. The molecule has 1 aromatic rings. The Morgan fingerprint density at radius 3 is 2.46 bits per heavy atom. The Hall–Kier alpha value is -2.08. The van der Waals surface area contributed by atoms with Crippen LogP contribution in [0.2, 0.25) is 5.02 Å². The molecule has 2 amide bonds. The number of rotatable bonds is 5. The third-order valence-corrected chi connectivity index (χ3v) is 3.24. The predicted octanol–water partition coefficient (Wildman–Crippen LogP) is 3.69. The maximum atomic E-state index is 11.9. The number of alkyl carbamates (subject to hydrolysis) is 1. The molecular formula is C17H24ClN3O3. The summed E-state index contributed by atoms with van der Waals surface area (Å²) in [4.78, 5) is 27.7. The second-order valence-electron chi connectivity index (χ2n) is 6.72. The Balaban J connectivity index is 2.97. The number of hydrogen-bond donors (Lipinski definition) is 2. The van der Waals surface area contributed by atoms with Crippen LogP contribution in [0.15, 0.2) is 23.2 Å². The zero-order chi connectivity index (χ0) is 18.5. The lowest BCUT2D eigenvalue weighted by Gasteiger charge is -2.23. The van der Waals surface area contributed by atoms with Crippen molar-refractivity contribution in [3.05, 3.63) is 28.8 Å². The molecule has 1 atom stereocenters. The van der Waals surface area contributed by atoms with Gasteiger partial charge >= 0.3 is 6.09 Å². The number of primary amides is 1. The van der Waals surface area contributed by atoms with Gasteiger partial charge in [0.1, 0.15) is 5.60 Å². The standard InChI is InChI=1S/C17H24ClN3O3/c1-10(2)14(21-16(23)24-17(3,4)5)9-20-13-8-11(18)6-7-12(13)15(19)22/h6-10,14H,1-5H3,(H2,19,22)(H,21,23). The molecule has 0 aromatic heterocycles. The molecule has 0 heterocycles. The average Bonchev–Trinajstić information content (AvgIpc) is 2.40. The molecule has 0 aliphatic carbocycles. The number of nitrogens with one attached hydrogen (secondary N) is 1. The van der Waals surface area contributed by atoms with E-state index in [1.165, 1.54) is 6.07 Å². The van der Waals surface area contributed by atoms with Crippen LogP contribution >= 0.6 is 11.6 Å². The highest BCUT2D eigenvalue weighted by Crippen LogP contribution is 2.23. The summed E-state index contributed by atoms with van der Waals surface area (Å²) in [5, 5.41) is 3.19. The Morgan fingerprint density at radius 1 is 1.33 bits per heavy atom. The number of nitrogens with zero attached hydrogens (tertiary/aromatic N) is 1. The smallest absolute Gasteiger partial charge is 0.408 e. The van der Waals surface area contributed by atoms with Gasteiger partial charge in [0.05, 0.1) is 17.3 Å². The fourth-order valence-corrected chi connectivity index (χ4v) is 1.97. The van der Waals surface area contributed by atoms with E-state index in [9.17, 15) is 9.59 Å². The van der Waals surface area contributed by atoms with Gasteiger partial charge in [0.25, 0.3) is 5.91 Å². The molecule has 3 N–H and O–H groups in total. The summed E-state index contributed by atoms with van der Waals surface area (Å²) in [6.45, 7) is 9.23. The van der Waals surface area contributed by atoms with Crippen LogP contribution in [0.3, 0.4) is 0 Å². The Morgan fingerprint density at radius 2 is 1.96 bits per heavy atom. The molecular weight excluding hydrogens is 330 g/mol. The van der Waals surface area contributed by atoms with Crippen LogP contribution in [0.5, 0.6) is 0 Å². The molecule has 0 saturated carbocycles. The predicted molar refractivity (Wildman–Crippen MR) is 96.1 cm³/mol. The van der Waals surface area contributed by atoms with Crippen LogP contribution in [-0.4, -0.2) is 29.9 Å². The molecule has 6 nitrogen and oxygen atoms in total. The summed E-state index contributed by atoms with van der Waals surface area (Å²) in [6, 6.07) is 4.26. The summed E-state index contributed by atoms with van der Waals surface area (Å²) < 4.78 is 5.24. The second kappa shape index (κ2) is 8.15. The quantitative estimate of drug-likeness (QED) is 0.790. The lowest BCUT2D eigenvalue weighted by molar-refractivity contribution is 0.0509. The van der Waals surface area contributed by atoms with E-state index in [-0.39, 0.29) is 17.5 Å².